The number of methoxy groups -OCH3 is 1. The molecule has 1 aliphatic heterocycles. The zero-order valence-corrected chi connectivity index (χ0v) is 18.8. The molecule has 2 amide bonds. The molecule has 5 aliphatic rings. The van der Waals surface area contributed by atoms with Crippen LogP contribution in [0, 0.1) is 35.5 Å². The van der Waals surface area contributed by atoms with E-state index < -0.39 is 0 Å². The Bertz CT molecular complexity index is 1170. The summed E-state index contributed by atoms with van der Waals surface area (Å²) in [5, 5.41) is 6.02. The second-order valence-electron chi connectivity index (χ2n) is 9.18. The second-order valence-corrected chi connectivity index (χ2v) is 9.59. The highest BCUT2D eigenvalue weighted by Gasteiger charge is 2.67. The molecule has 6 atom stereocenters. The lowest BCUT2D eigenvalue weighted by atomic mass is 9.63. The van der Waals surface area contributed by atoms with Gasteiger partial charge in [0.1, 0.15) is 6.61 Å². The van der Waals surface area contributed by atoms with Gasteiger partial charge in [-0.1, -0.05) is 42.0 Å². The molecule has 33 heavy (non-hydrogen) atoms. The highest BCUT2D eigenvalue weighted by atomic mass is 35.5. The van der Waals surface area contributed by atoms with Crippen LogP contribution in [-0.2, 0) is 16.2 Å². The number of imide groups is 1. The SMILES string of the molecule is COc1cc(/C=N\N2C(=O)[C@@H]3[C@H]4C=C[C@@H]([C@@H]5C[C@@H]45)[C@@H]3C2=O)ccc1OCc1ccccc1Cl. The third kappa shape index (κ3) is 3.27. The van der Waals surface area contributed by atoms with Crippen LogP contribution in [0.1, 0.15) is 17.5 Å². The van der Waals surface area contributed by atoms with Crippen molar-refractivity contribution < 1.29 is 19.1 Å². The molecule has 0 radical (unpaired) electrons. The lowest BCUT2D eigenvalue weighted by Gasteiger charge is -2.37. The van der Waals surface area contributed by atoms with Crippen molar-refractivity contribution in [2.24, 2.45) is 40.6 Å². The minimum absolute atomic E-state index is 0.169. The number of hydrogen-bond donors (Lipinski definition) is 0. The number of nitrogens with zero attached hydrogens (tertiary/aromatic N) is 2. The smallest absolute Gasteiger partial charge is 0.254 e. The third-order valence-corrected chi connectivity index (χ3v) is 7.86. The molecule has 0 unspecified atom stereocenters. The van der Waals surface area contributed by atoms with E-state index in [4.69, 9.17) is 21.1 Å². The molecule has 2 aromatic rings. The van der Waals surface area contributed by atoms with Gasteiger partial charge in [-0.25, -0.2) is 0 Å². The van der Waals surface area contributed by atoms with Crippen LogP contribution in [0.5, 0.6) is 11.5 Å². The van der Waals surface area contributed by atoms with Gasteiger partial charge >= 0.3 is 0 Å². The first-order valence-corrected chi connectivity index (χ1v) is 11.6. The maximum absolute atomic E-state index is 13.1. The fourth-order valence-electron chi connectivity index (χ4n) is 5.83. The monoisotopic (exact) mass is 462 g/mol. The van der Waals surface area contributed by atoms with Gasteiger partial charge in [0.05, 0.1) is 25.2 Å². The van der Waals surface area contributed by atoms with Crippen LogP contribution in [0.25, 0.3) is 0 Å². The van der Waals surface area contributed by atoms with Gasteiger partial charge in [0.15, 0.2) is 11.5 Å². The molecule has 6 nitrogen and oxygen atoms in total. The lowest BCUT2D eigenvalue weighted by Crippen LogP contribution is -2.40. The standard InChI is InChI=1S/C26H23ClN2O4/c1-32-22-10-14(6-9-21(22)33-13-15-4-2-3-5-20(15)27)12-28-29-25(30)23-16-7-8-17(19-11-18(16)19)24(23)26(29)31/h2-10,12,16-19,23-24H,11,13H2,1H3/b28-12-/t16-,17-,18-,19-,23-,24+/m0/s1. The van der Waals surface area contributed by atoms with E-state index in [-0.39, 0.29) is 35.5 Å². The fourth-order valence-corrected chi connectivity index (χ4v) is 6.02. The minimum Gasteiger partial charge on any atom is -0.493 e. The molecule has 0 N–H and O–H groups in total. The van der Waals surface area contributed by atoms with Crippen molar-refractivity contribution >= 4 is 29.6 Å². The maximum Gasteiger partial charge on any atom is 0.254 e. The van der Waals surface area contributed by atoms with E-state index in [0.717, 1.165) is 17.0 Å². The molecule has 3 fully saturated rings. The van der Waals surface area contributed by atoms with Crippen molar-refractivity contribution in [3.05, 3.63) is 70.8 Å². The fraction of sp³-hybridized carbons (Fsp3) is 0.346. The van der Waals surface area contributed by atoms with Gasteiger partial charge in [-0.05, 0) is 59.9 Å². The highest BCUT2D eigenvalue weighted by Crippen LogP contribution is 2.65. The predicted octanol–water partition coefficient (Wildman–Crippen LogP) is 4.31. The number of benzene rings is 2. The molecular weight excluding hydrogens is 440 g/mol. The van der Waals surface area contributed by atoms with E-state index >= 15 is 0 Å². The Hall–Kier alpha value is -3.12. The first kappa shape index (κ1) is 20.5. The first-order valence-electron chi connectivity index (χ1n) is 11.2. The molecule has 2 bridgehead atoms. The van der Waals surface area contributed by atoms with Gasteiger partial charge in [0.25, 0.3) is 11.8 Å². The Labute approximate surface area is 196 Å². The number of allylic oxidation sites excluding steroid dienone is 2. The summed E-state index contributed by atoms with van der Waals surface area (Å²) in [5.74, 6) is 1.79. The number of hydrazone groups is 1. The average molecular weight is 463 g/mol. The summed E-state index contributed by atoms with van der Waals surface area (Å²) in [5.41, 5.74) is 1.58. The Morgan fingerprint density at radius 2 is 1.73 bits per heavy atom. The average Bonchev–Trinajstić information content (AvgIpc) is 3.62. The summed E-state index contributed by atoms with van der Waals surface area (Å²) in [6, 6.07) is 12.9. The summed E-state index contributed by atoms with van der Waals surface area (Å²) >= 11 is 6.20. The van der Waals surface area contributed by atoms with E-state index in [1.165, 1.54) is 6.21 Å². The van der Waals surface area contributed by atoms with Crippen LogP contribution in [0.2, 0.25) is 5.02 Å². The number of hydrogen-bond acceptors (Lipinski definition) is 5. The van der Waals surface area contributed by atoms with Crippen LogP contribution in [0.3, 0.4) is 0 Å². The summed E-state index contributed by atoms with van der Waals surface area (Å²) in [4.78, 5) is 26.1. The van der Waals surface area contributed by atoms with Crippen molar-refractivity contribution in [2.75, 3.05) is 7.11 Å². The lowest BCUT2D eigenvalue weighted by molar-refractivity contribution is -0.140. The third-order valence-electron chi connectivity index (χ3n) is 7.49. The normalized spacial score (nSPS) is 31.2. The van der Waals surface area contributed by atoms with Crippen LogP contribution < -0.4 is 9.47 Å². The van der Waals surface area contributed by atoms with Crippen molar-refractivity contribution in [1.29, 1.82) is 0 Å². The molecular formula is C26H23ClN2O4. The predicted molar refractivity (Wildman–Crippen MR) is 123 cm³/mol. The van der Waals surface area contributed by atoms with Crippen LogP contribution in [-0.4, -0.2) is 30.1 Å². The van der Waals surface area contributed by atoms with Crippen molar-refractivity contribution in [3.63, 3.8) is 0 Å². The molecule has 2 aromatic carbocycles. The summed E-state index contributed by atoms with van der Waals surface area (Å²) in [6.07, 6.45) is 6.99. The molecule has 1 saturated heterocycles. The molecule has 0 spiro atoms. The quantitative estimate of drug-likeness (QED) is 0.364. The largest absolute Gasteiger partial charge is 0.493 e. The number of carbonyl (C=O) groups excluding carboxylic acids is 2. The van der Waals surface area contributed by atoms with Gasteiger partial charge in [-0.2, -0.15) is 10.1 Å². The molecule has 7 heteroatoms. The molecule has 7 rings (SSSR count). The number of ether oxygens (including phenoxy) is 2. The molecule has 4 aliphatic carbocycles. The maximum atomic E-state index is 13.1. The summed E-state index contributed by atoms with van der Waals surface area (Å²) < 4.78 is 11.4. The minimum atomic E-state index is -0.247. The molecule has 1 heterocycles. The van der Waals surface area contributed by atoms with Crippen LogP contribution in [0.4, 0.5) is 0 Å². The Kier molecular flexibility index (Phi) is 4.80. The topological polar surface area (TPSA) is 68.2 Å². The molecule has 168 valence electrons. The van der Waals surface area contributed by atoms with Gasteiger partial charge in [-0.3, -0.25) is 9.59 Å². The number of amides is 2. The van der Waals surface area contributed by atoms with Gasteiger partial charge in [0.2, 0.25) is 0 Å². The van der Waals surface area contributed by atoms with Gasteiger partial charge in [0, 0.05) is 10.6 Å². The summed E-state index contributed by atoms with van der Waals surface area (Å²) in [7, 11) is 1.56. The van der Waals surface area contributed by atoms with Crippen LogP contribution >= 0.6 is 11.6 Å². The molecule has 0 aromatic heterocycles. The van der Waals surface area contributed by atoms with E-state index in [9.17, 15) is 9.59 Å². The first-order chi connectivity index (χ1) is 16.1. The molecule has 2 saturated carbocycles. The zero-order valence-electron chi connectivity index (χ0n) is 18.1. The second kappa shape index (κ2) is 7.73. The van der Waals surface area contributed by atoms with Gasteiger partial charge < -0.3 is 9.47 Å². The Balaban J connectivity index is 1.18. The highest BCUT2D eigenvalue weighted by molar-refractivity contribution is 6.31. The van der Waals surface area contributed by atoms with E-state index in [1.807, 2.05) is 30.3 Å². The van der Waals surface area contributed by atoms with Crippen LogP contribution in [0.15, 0.2) is 59.7 Å². The Morgan fingerprint density at radius 3 is 2.39 bits per heavy atom. The van der Waals surface area contributed by atoms with E-state index in [0.29, 0.717) is 40.5 Å². The number of halogens is 1. The van der Waals surface area contributed by atoms with E-state index in [2.05, 4.69) is 17.3 Å². The number of rotatable bonds is 6. The van der Waals surface area contributed by atoms with Gasteiger partial charge in [-0.15, -0.1) is 0 Å². The Morgan fingerprint density at radius 1 is 1.03 bits per heavy atom. The van der Waals surface area contributed by atoms with Crippen molar-refractivity contribution in [1.82, 2.24) is 5.01 Å². The van der Waals surface area contributed by atoms with Crippen molar-refractivity contribution in [3.8, 4) is 11.5 Å². The zero-order chi connectivity index (χ0) is 22.7. The van der Waals surface area contributed by atoms with Crippen molar-refractivity contribution in [2.45, 2.75) is 13.0 Å². The summed E-state index contributed by atoms with van der Waals surface area (Å²) in [6.45, 7) is 0.307. The van der Waals surface area contributed by atoms with E-state index in [1.54, 1.807) is 19.2 Å². The number of carbonyl (C=O) groups is 2.